The van der Waals surface area contributed by atoms with Crippen LogP contribution >= 0.6 is 34.8 Å². The number of aromatic nitrogens is 2. The van der Waals surface area contributed by atoms with E-state index in [1.165, 1.54) is 85.7 Å². The molecule has 80 heavy (non-hydrogen) atoms. The molecule has 5 aromatic carbocycles. The van der Waals surface area contributed by atoms with Crippen LogP contribution in [-0.2, 0) is 19.8 Å². The molecule has 2 aliphatic rings. The van der Waals surface area contributed by atoms with E-state index in [1.807, 2.05) is 25.7 Å². The maximum atomic E-state index is 16.6. The number of amides is 4. The lowest BCUT2D eigenvalue weighted by Crippen LogP contribution is -2.48. The third kappa shape index (κ3) is 12.0. The highest BCUT2D eigenvalue weighted by Crippen LogP contribution is 2.53. The van der Waals surface area contributed by atoms with E-state index < -0.39 is 80.8 Å². The van der Waals surface area contributed by atoms with Crippen LogP contribution in [0.25, 0.3) is 22.0 Å². The summed E-state index contributed by atoms with van der Waals surface area (Å²) < 4.78 is 69.7. The Morgan fingerprint density at radius 1 is 0.900 bits per heavy atom. The fourth-order valence-electron chi connectivity index (χ4n) is 10.5. The first-order chi connectivity index (χ1) is 38.0. The Bertz CT molecular complexity index is 3430. The van der Waals surface area contributed by atoms with Crippen LogP contribution in [0.1, 0.15) is 67.9 Å². The predicted octanol–water partition coefficient (Wildman–Crippen LogP) is 9.85. The number of nitrogens with zero attached hydrogens (tertiary/aromatic N) is 6. The zero-order chi connectivity index (χ0) is 58.0. The average Bonchev–Trinajstić information content (AvgIpc) is 3.80. The first kappa shape index (κ1) is 58.7. The molecule has 6 aromatic rings. The molecule has 8 rings (SSSR count). The molecule has 0 saturated carbocycles. The second-order valence-corrected chi connectivity index (χ2v) is 22.0. The first-order valence-electron chi connectivity index (χ1n) is 25.5. The Hall–Kier alpha value is -7.44. The number of methoxy groups -OCH3 is 1. The number of nitriles is 1. The van der Waals surface area contributed by atoms with Gasteiger partial charge >= 0.3 is 0 Å². The number of anilines is 3. The van der Waals surface area contributed by atoms with Gasteiger partial charge in [-0.3, -0.25) is 19.2 Å². The second kappa shape index (κ2) is 24.1. The SMILES string of the molecule is COc1cc(C(=O)NCCN(C)C(=O)CCNc2nc(N3CCN(C(C)=O)CC3)c3cc(Cl)c(-c4c(O)cccc4F)c(F)c3n2)ccc1NC(=O)[C@@H]1N[C@@H](CC(C)(C)C)[C@](C#N)(c2ccc(Cl)cc2F)[C@H]1c1cccc(Cl)c1F. The first-order valence-corrected chi connectivity index (χ1v) is 26.6. The number of likely N-dealkylation sites (N-methyl/N-ethyl adjacent to an activating group) is 1. The van der Waals surface area contributed by atoms with Gasteiger partial charge in [-0.2, -0.15) is 10.2 Å². The van der Waals surface area contributed by atoms with Crippen LogP contribution in [0, 0.1) is 40.0 Å². The largest absolute Gasteiger partial charge is 0.507 e. The van der Waals surface area contributed by atoms with Gasteiger partial charge in [-0.05, 0) is 72.0 Å². The summed E-state index contributed by atoms with van der Waals surface area (Å²) in [5, 5.41) is 33.4. The summed E-state index contributed by atoms with van der Waals surface area (Å²) in [6.07, 6.45) is 0.167. The van der Waals surface area contributed by atoms with Crippen molar-refractivity contribution in [2.24, 2.45) is 5.41 Å². The number of carbonyl (C=O) groups is 4. The van der Waals surface area contributed by atoms with Crippen LogP contribution in [0.5, 0.6) is 11.5 Å². The molecule has 3 heterocycles. The van der Waals surface area contributed by atoms with Crippen LogP contribution in [0.4, 0.5) is 35.0 Å². The van der Waals surface area contributed by atoms with Crippen LogP contribution in [0.2, 0.25) is 15.1 Å². The van der Waals surface area contributed by atoms with Gasteiger partial charge < -0.3 is 45.8 Å². The third-order valence-electron chi connectivity index (χ3n) is 14.4. The Kier molecular flexibility index (Phi) is 17.7. The van der Waals surface area contributed by atoms with Gasteiger partial charge in [0.1, 0.15) is 45.7 Å². The minimum absolute atomic E-state index is 0.00992. The lowest BCUT2D eigenvalue weighted by molar-refractivity contribution is -0.130. The van der Waals surface area contributed by atoms with Crippen molar-refractivity contribution in [2.45, 2.75) is 64.0 Å². The fraction of sp³-hybridized carbons (Fsp3) is 0.351. The van der Waals surface area contributed by atoms with Crippen molar-refractivity contribution in [3.05, 3.63) is 134 Å². The van der Waals surface area contributed by atoms with Gasteiger partial charge in [0, 0.05) is 105 Å². The molecular formula is C57H57Cl3F4N10O6. The minimum atomic E-state index is -1.87. The summed E-state index contributed by atoms with van der Waals surface area (Å²) in [6.45, 7) is 8.74. The summed E-state index contributed by atoms with van der Waals surface area (Å²) >= 11 is 19.1. The number of ether oxygens (including phenoxy) is 1. The quantitative estimate of drug-likeness (QED) is 0.0575. The number of nitrogens with one attached hydrogen (secondary N) is 4. The number of aromatic hydroxyl groups is 1. The zero-order valence-corrected chi connectivity index (χ0v) is 46.7. The maximum Gasteiger partial charge on any atom is 0.251 e. The molecule has 23 heteroatoms. The van der Waals surface area contributed by atoms with Gasteiger partial charge in [-0.25, -0.2) is 22.5 Å². The van der Waals surface area contributed by atoms with E-state index in [0.29, 0.717) is 26.2 Å². The van der Waals surface area contributed by atoms with Gasteiger partial charge in [0.2, 0.25) is 23.7 Å². The van der Waals surface area contributed by atoms with Gasteiger partial charge in [0.05, 0.1) is 40.5 Å². The maximum absolute atomic E-state index is 16.6. The molecule has 420 valence electrons. The molecule has 16 nitrogen and oxygen atoms in total. The monoisotopic (exact) mass is 1160 g/mol. The van der Waals surface area contributed by atoms with Crippen molar-refractivity contribution in [3.8, 4) is 28.7 Å². The molecule has 0 bridgehead atoms. The molecule has 0 aliphatic carbocycles. The van der Waals surface area contributed by atoms with Crippen molar-refractivity contribution < 1.29 is 46.6 Å². The number of phenols is 1. The van der Waals surface area contributed by atoms with E-state index in [-0.39, 0.29) is 110 Å². The van der Waals surface area contributed by atoms with Crippen molar-refractivity contribution in [1.82, 2.24) is 30.4 Å². The van der Waals surface area contributed by atoms with Crippen molar-refractivity contribution >= 4 is 86.8 Å². The predicted molar refractivity (Wildman–Crippen MR) is 298 cm³/mol. The third-order valence-corrected chi connectivity index (χ3v) is 15.2. The molecule has 4 atom stereocenters. The highest BCUT2D eigenvalue weighted by molar-refractivity contribution is 6.34. The fourth-order valence-corrected chi connectivity index (χ4v) is 11.1. The molecule has 2 aliphatic heterocycles. The molecule has 0 spiro atoms. The van der Waals surface area contributed by atoms with E-state index in [0.717, 1.165) is 12.1 Å². The molecule has 2 saturated heterocycles. The average molecular weight is 1160 g/mol. The van der Waals surface area contributed by atoms with E-state index in [9.17, 15) is 29.5 Å². The minimum Gasteiger partial charge on any atom is -0.507 e. The molecule has 4 amide bonds. The highest BCUT2D eigenvalue weighted by Gasteiger charge is 2.61. The van der Waals surface area contributed by atoms with Gasteiger partial charge in [-0.15, -0.1) is 0 Å². The Balaban J connectivity index is 0.938. The van der Waals surface area contributed by atoms with Crippen LogP contribution in [-0.4, -0.2) is 121 Å². The highest BCUT2D eigenvalue weighted by atomic mass is 35.5. The number of piperazine rings is 1. The summed E-state index contributed by atoms with van der Waals surface area (Å²) in [7, 11) is 2.87. The second-order valence-electron chi connectivity index (χ2n) is 20.8. The number of hydrogen-bond donors (Lipinski definition) is 5. The Morgan fingerprint density at radius 3 is 2.29 bits per heavy atom. The summed E-state index contributed by atoms with van der Waals surface area (Å²) in [6, 6.07) is 17.4. The van der Waals surface area contributed by atoms with Crippen LogP contribution < -0.4 is 30.9 Å². The Labute approximate surface area is 474 Å². The normalized spacial score (nSPS) is 18.2. The molecule has 2 fully saturated rings. The van der Waals surface area contributed by atoms with E-state index in [1.54, 1.807) is 11.9 Å². The summed E-state index contributed by atoms with van der Waals surface area (Å²) in [5.74, 6) is -6.87. The molecule has 0 radical (unpaired) electrons. The summed E-state index contributed by atoms with van der Waals surface area (Å²) in [4.78, 5) is 67.6. The number of benzene rings is 5. The van der Waals surface area contributed by atoms with E-state index in [2.05, 4.69) is 37.3 Å². The Morgan fingerprint density at radius 2 is 1.62 bits per heavy atom. The lowest BCUT2D eigenvalue weighted by atomic mass is 9.62. The number of carbonyl (C=O) groups excluding carboxylic acids is 4. The molecule has 1 aromatic heterocycles. The van der Waals surface area contributed by atoms with Crippen molar-refractivity contribution in [3.63, 3.8) is 0 Å². The van der Waals surface area contributed by atoms with Crippen molar-refractivity contribution in [2.75, 3.05) is 75.5 Å². The number of phenolic OH excluding ortho intramolecular Hbond substituents is 1. The zero-order valence-electron chi connectivity index (χ0n) is 44.4. The van der Waals surface area contributed by atoms with Gasteiger partial charge in [0.15, 0.2) is 5.82 Å². The number of rotatable bonds is 16. The van der Waals surface area contributed by atoms with E-state index in [4.69, 9.17) is 39.5 Å². The number of hydrogen-bond acceptors (Lipinski definition) is 12. The van der Waals surface area contributed by atoms with Crippen LogP contribution in [0.3, 0.4) is 0 Å². The topological polar surface area (TPSA) is 205 Å². The van der Waals surface area contributed by atoms with Gasteiger partial charge in [0.25, 0.3) is 5.91 Å². The molecule has 5 N–H and O–H groups in total. The van der Waals surface area contributed by atoms with Crippen molar-refractivity contribution in [1.29, 1.82) is 5.26 Å². The molecule has 0 unspecified atom stereocenters. The standard InChI is InChI=1S/C57H57Cl3F4N10O6/c1-30(75)73-21-23-74(24-22-73)52-34-27-37(60)45(46-38(61)11-8-12-41(46)76)49(64)50(34)70-55(71-52)67-18-17-44(77)72(5)20-19-66-53(78)31-13-16-40(42(25-31)80-6)68-54(79)51-47(33-9-7-10-36(59)48(33)63)57(29-65,43(69-51)28-56(2,3)4)35-15-14-32(58)26-39(35)62/h7-16,25-27,43,47,51,69,76H,17-24,28H2,1-6H3,(H,66,78)(H,68,79)(H,67,70,71)/t43-,47-,51+,57-/m0/s1. The number of halogens is 7. The van der Waals surface area contributed by atoms with Gasteiger partial charge in [-0.1, -0.05) is 79.8 Å². The number of fused-ring (bicyclic) bond motifs is 1. The summed E-state index contributed by atoms with van der Waals surface area (Å²) in [5.41, 5.74) is -3.32. The van der Waals surface area contributed by atoms with Crippen LogP contribution in [0.15, 0.2) is 78.9 Å². The molecular weight excluding hydrogens is 1100 g/mol. The van der Waals surface area contributed by atoms with E-state index >= 15 is 17.6 Å². The smallest absolute Gasteiger partial charge is 0.251 e. The lowest BCUT2D eigenvalue weighted by Gasteiger charge is -2.37.